The van der Waals surface area contributed by atoms with E-state index in [9.17, 15) is 9.59 Å². The van der Waals surface area contributed by atoms with E-state index in [1.165, 1.54) is 12.1 Å². The molecule has 0 saturated heterocycles. The Balaban J connectivity index is 2.16. The van der Waals surface area contributed by atoms with Gasteiger partial charge in [-0.3, -0.25) is 4.79 Å². The first-order chi connectivity index (χ1) is 10.4. The van der Waals surface area contributed by atoms with Gasteiger partial charge in [-0.05, 0) is 44.0 Å². The van der Waals surface area contributed by atoms with Crippen molar-refractivity contribution >= 4 is 23.2 Å². The van der Waals surface area contributed by atoms with Crippen LogP contribution in [0.3, 0.4) is 0 Å². The van der Waals surface area contributed by atoms with E-state index >= 15 is 0 Å². The van der Waals surface area contributed by atoms with Crippen LogP contribution in [0, 0.1) is 6.92 Å². The minimum atomic E-state index is -1.04. The van der Waals surface area contributed by atoms with Crippen LogP contribution in [0.4, 0.5) is 0 Å². The molecule has 2 rings (SSSR count). The van der Waals surface area contributed by atoms with Crippen LogP contribution in [0.25, 0.3) is 0 Å². The first-order valence-corrected chi connectivity index (χ1v) is 7.88. The third-order valence-electron chi connectivity index (χ3n) is 3.25. The smallest absolute Gasteiger partial charge is 0.335 e. The zero-order chi connectivity index (χ0) is 16.3. The van der Waals surface area contributed by atoms with Gasteiger partial charge in [0.05, 0.1) is 22.3 Å². The second kappa shape index (κ2) is 6.70. The monoisotopic (exact) mass is 318 g/mol. The lowest BCUT2D eigenvalue weighted by Gasteiger charge is -2.12. The number of nitrogens with zero attached hydrogens (tertiary/aromatic N) is 1. The van der Waals surface area contributed by atoms with Crippen molar-refractivity contribution in [2.75, 3.05) is 0 Å². The molecule has 1 aromatic carbocycles. The Morgan fingerprint density at radius 3 is 2.59 bits per heavy atom. The SMILES string of the molecule is CCc1nc(C(C)NC(=O)c2cc(C)cc(C(=O)O)c2)cs1. The molecule has 0 radical (unpaired) electrons. The van der Waals surface area contributed by atoms with Crippen LogP contribution in [0.1, 0.15) is 56.9 Å². The molecule has 22 heavy (non-hydrogen) atoms. The maximum atomic E-state index is 12.3. The molecule has 1 heterocycles. The lowest BCUT2D eigenvalue weighted by Crippen LogP contribution is -2.27. The van der Waals surface area contributed by atoms with Crippen molar-refractivity contribution in [2.24, 2.45) is 0 Å². The van der Waals surface area contributed by atoms with Gasteiger partial charge in [0.1, 0.15) is 0 Å². The highest BCUT2D eigenvalue weighted by molar-refractivity contribution is 7.09. The molecular weight excluding hydrogens is 300 g/mol. The zero-order valence-corrected chi connectivity index (χ0v) is 13.5. The van der Waals surface area contributed by atoms with Crippen molar-refractivity contribution < 1.29 is 14.7 Å². The summed E-state index contributed by atoms with van der Waals surface area (Å²) in [5.74, 6) is -1.34. The average molecular weight is 318 g/mol. The Morgan fingerprint density at radius 2 is 2.00 bits per heavy atom. The van der Waals surface area contributed by atoms with E-state index in [1.807, 2.05) is 19.2 Å². The number of hydrogen-bond acceptors (Lipinski definition) is 4. The lowest BCUT2D eigenvalue weighted by atomic mass is 10.1. The highest BCUT2D eigenvalue weighted by Crippen LogP contribution is 2.18. The largest absolute Gasteiger partial charge is 0.478 e. The van der Waals surface area contributed by atoms with Crippen LogP contribution >= 0.6 is 11.3 Å². The third kappa shape index (κ3) is 3.71. The highest BCUT2D eigenvalue weighted by atomic mass is 32.1. The van der Waals surface area contributed by atoms with Gasteiger partial charge in [-0.2, -0.15) is 0 Å². The van der Waals surface area contributed by atoms with Crippen LogP contribution in [-0.4, -0.2) is 22.0 Å². The van der Waals surface area contributed by atoms with Crippen LogP contribution in [0.15, 0.2) is 23.6 Å². The third-order valence-corrected chi connectivity index (χ3v) is 4.26. The quantitative estimate of drug-likeness (QED) is 0.887. The fraction of sp³-hybridized carbons (Fsp3) is 0.312. The van der Waals surface area contributed by atoms with Gasteiger partial charge in [0, 0.05) is 10.9 Å². The molecule has 0 aliphatic carbocycles. The number of carboxylic acid groups (broad SMARTS) is 1. The summed E-state index contributed by atoms with van der Waals surface area (Å²) < 4.78 is 0. The van der Waals surface area contributed by atoms with E-state index in [0.29, 0.717) is 5.56 Å². The van der Waals surface area contributed by atoms with Gasteiger partial charge in [0.25, 0.3) is 5.91 Å². The van der Waals surface area contributed by atoms with Gasteiger partial charge in [-0.1, -0.05) is 6.92 Å². The molecular formula is C16H18N2O3S. The summed E-state index contributed by atoms with van der Waals surface area (Å²) >= 11 is 1.57. The fourth-order valence-electron chi connectivity index (χ4n) is 2.08. The first-order valence-electron chi connectivity index (χ1n) is 7.00. The number of carbonyl (C=O) groups excluding carboxylic acids is 1. The summed E-state index contributed by atoms with van der Waals surface area (Å²) in [5.41, 5.74) is 2.01. The van der Waals surface area contributed by atoms with E-state index in [4.69, 9.17) is 5.11 Å². The van der Waals surface area contributed by atoms with Crippen molar-refractivity contribution in [3.05, 3.63) is 51.0 Å². The Morgan fingerprint density at radius 1 is 1.32 bits per heavy atom. The molecule has 1 atom stereocenters. The summed E-state index contributed by atoms with van der Waals surface area (Å²) in [6.07, 6.45) is 0.866. The summed E-state index contributed by atoms with van der Waals surface area (Å²) in [6.45, 7) is 5.66. The molecule has 1 unspecified atom stereocenters. The van der Waals surface area contributed by atoms with Gasteiger partial charge in [-0.15, -0.1) is 11.3 Å². The topological polar surface area (TPSA) is 79.3 Å². The fourth-order valence-corrected chi connectivity index (χ4v) is 2.92. The van der Waals surface area contributed by atoms with Crippen molar-refractivity contribution in [2.45, 2.75) is 33.2 Å². The number of aryl methyl sites for hydroxylation is 2. The minimum Gasteiger partial charge on any atom is -0.478 e. The standard InChI is InChI=1S/C16H18N2O3S/c1-4-14-18-13(8-22-14)10(3)17-15(19)11-5-9(2)6-12(7-11)16(20)21/h5-8,10H,4H2,1-3H3,(H,17,19)(H,20,21). The Labute approximate surface area is 133 Å². The average Bonchev–Trinajstić information content (AvgIpc) is 2.95. The number of aromatic carboxylic acids is 1. The molecule has 5 nitrogen and oxygen atoms in total. The number of amides is 1. The van der Waals surface area contributed by atoms with Crippen molar-refractivity contribution in [1.29, 1.82) is 0 Å². The molecule has 1 amide bonds. The normalized spacial score (nSPS) is 12.0. The molecule has 1 aromatic heterocycles. The Kier molecular flexibility index (Phi) is 4.92. The molecule has 2 aromatic rings. The van der Waals surface area contributed by atoms with E-state index in [2.05, 4.69) is 10.3 Å². The number of nitrogens with one attached hydrogen (secondary N) is 1. The predicted octanol–water partition coefficient (Wildman–Crippen LogP) is 3.20. The second-order valence-electron chi connectivity index (χ2n) is 5.11. The molecule has 6 heteroatoms. The molecule has 0 saturated carbocycles. The number of rotatable bonds is 5. The number of carboxylic acids is 1. The molecule has 0 spiro atoms. The number of carbonyl (C=O) groups is 2. The maximum absolute atomic E-state index is 12.3. The van der Waals surface area contributed by atoms with Gasteiger partial charge >= 0.3 is 5.97 Å². The molecule has 116 valence electrons. The first kappa shape index (κ1) is 16.2. The Bertz CT molecular complexity index is 709. The summed E-state index contributed by atoms with van der Waals surface area (Å²) in [6, 6.07) is 4.37. The van der Waals surface area contributed by atoms with Crippen LogP contribution in [-0.2, 0) is 6.42 Å². The van der Waals surface area contributed by atoms with Crippen molar-refractivity contribution in [3.63, 3.8) is 0 Å². The molecule has 0 fully saturated rings. The van der Waals surface area contributed by atoms with Crippen LogP contribution in [0.2, 0.25) is 0 Å². The second-order valence-corrected chi connectivity index (χ2v) is 6.05. The number of benzene rings is 1. The van der Waals surface area contributed by atoms with Crippen molar-refractivity contribution in [1.82, 2.24) is 10.3 Å². The van der Waals surface area contributed by atoms with Crippen molar-refractivity contribution in [3.8, 4) is 0 Å². The van der Waals surface area contributed by atoms with E-state index in [0.717, 1.165) is 22.7 Å². The molecule has 0 bridgehead atoms. The predicted molar refractivity (Wildman–Crippen MR) is 85.5 cm³/mol. The van der Waals surface area contributed by atoms with E-state index in [-0.39, 0.29) is 17.5 Å². The van der Waals surface area contributed by atoms with E-state index in [1.54, 1.807) is 24.3 Å². The van der Waals surface area contributed by atoms with Gasteiger partial charge in [0.15, 0.2) is 0 Å². The Hall–Kier alpha value is -2.21. The zero-order valence-electron chi connectivity index (χ0n) is 12.7. The summed E-state index contributed by atoms with van der Waals surface area (Å²) in [5, 5.41) is 14.9. The van der Waals surface area contributed by atoms with Crippen LogP contribution < -0.4 is 5.32 Å². The number of hydrogen-bond donors (Lipinski definition) is 2. The van der Waals surface area contributed by atoms with Crippen LogP contribution in [0.5, 0.6) is 0 Å². The van der Waals surface area contributed by atoms with E-state index < -0.39 is 5.97 Å². The minimum absolute atomic E-state index is 0.111. The number of aromatic nitrogens is 1. The molecule has 0 aliphatic heterocycles. The molecule has 2 N–H and O–H groups in total. The number of thiazole rings is 1. The summed E-state index contributed by atoms with van der Waals surface area (Å²) in [7, 11) is 0. The van der Waals surface area contributed by atoms with Gasteiger partial charge in [0.2, 0.25) is 0 Å². The van der Waals surface area contributed by atoms with Gasteiger partial charge < -0.3 is 10.4 Å². The lowest BCUT2D eigenvalue weighted by molar-refractivity contribution is 0.0696. The maximum Gasteiger partial charge on any atom is 0.335 e. The molecule has 0 aliphatic rings. The van der Waals surface area contributed by atoms with Gasteiger partial charge in [-0.25, -0.2) is 9.78 Å². The highest BCUT2D eigenvalue weighted by Gasteiger charge is 2.16. The summed E-state index contributed by atoms with van der Waals surface area (Å²) in [4.78, 5) is 27.8.